The lowest BCUT2D eigenvalue weighted by atomic mass is 10.1. The predicted molar refractivity (Wildman–Crippen MR) is 407 cm³/mol. The number of non-ortho nitro benzene ring substituents is 2. The number of thioether (sulfide) groups is 2. The molecule has 11 aromatic heterocycles. The maximum absolute atomic E-state index is 12.4. The maximum Gasteiger partial charge on any atom is 0.300 e. The number of carbonyl (C=O) groups is 3. The van der Waals surface area contributed by atoms with Crippen LogP contribution in [0.5, 0.6) is 0 Å². The van der Waals surface area contributed by atoms with Crippen molar-refractivity contribution in [2.75, 3.05) is 11.1 Å². The molecule has 0 aliphatic rings. The number of amides is 2. The van der Waals surface area contributed by atoms with Crippen molar-refractivity contribution in [3.05, 3.63) is 311 Å². The van der Waals surface area contributed by atoms with Gasteiger partial charge >= 0.3 is 5.91 Å². The quantitative estimate of drug-likeness (QED) is 0.0158. The summed E-state index contributed by atoms with van der Waals surface area (Å²) < 4.78 is 25.3. The zero-order valence-corrected chi connectivity index (χ0v) is 59.1. The fraction of sp³-hybridized carbons (Fsp3) is 0. The van der Waals surface area contributed by atoms with Gasteiger partial charge in [0.2, 0.25) is 17.5 Å². The van der Waals surface area contributed by atoms with Gasteiger partial charge in [0.25, 0.3) is 21.2 Å². The first kappa shape index (κ1) is 74.3. The molecule has 31 nitrogen and oxygen atoms in total. The first-order chi connectivity index (χ1) is 53.1. The minimum absolute atomic E-state index is 0.0133. The van der Waals surface area contributed by atoms with Crippen molar-refractivity contribution in [1.29, 1.82) is 0 Å². The van der Waals surface area contributed by atoms with Crippen LogP contribution in [0, 0.1) is 20.2 Å². The topological polar surface area (TPSA) is 421 Å². The van der Waals surface area contributed by atoms with Gasteiger partial charge in [0.15, 0.2) is 45.1 Å². The van der Waals surface area contributed by atoms with Crippen molar-refractivity contribution < 1.29 is 41.9 Å². The molecular formula is C74H52Cl2N20O11S2. The van der Waals surface area contributed by atoms with Gasteiger partial charge in [0.1, 0.15) is 0 Å². The molecule has 17 aromatic rings. The van der Waals surface area contributed by atoms with Crippen LogP contribution in [0.1, 0.15) is 10.6 Å². The lowest BCUT2D eigenvalue weighted by Crippen LogP contribution is -2.29. The molecule has 6 aromatic carbocycles. The van der Waals surface area contributed by atoms with Crippen LogP contribution in [-0.4, -0.2) is 95.2 Å². The molecule has 11 heterocycles. The number of nitro benzene ring substituents is 2. The number of nitrogens with one attached hydrogen (secondary N) is 2. The fourth-order valence-electron chi connectivity index (χ4n) is 9.79. The smallest absolute Gasteiger partial charge is 0.300 e. The van der Waals surface area contributed by atoms with Crippen LogP contribution in [-0.2, 0) is 0 Å². The molecule has 2 amide bonds. The number of nitrogen functional groups attached to an aromatic ring is 2. The molecule has 540 valence electrons. The van der Waals surface area contributed by atoms with E-state index in [-0.39, 0.29) is 27.5 Å². The molecular weight excluding hydrogens is 1480 g/mol. The monoisotopic (exact) mass is 1530 g/mol. The normalized spacial score (nSPS) is 10.5. The number of nitrogens with two attached hydrogens (primary N) is 2. The molecule has 0 fully saturated rings. The highest BCUT2D eigenvalue weighted by molar-refractivity contribution is 8.16. The number of hydrogen-bond acceptors (Lipinski definition) is 26. The number of furan rings is 4. The van der Waals surface area contributed by atoms with E-state index >= 15 is 0 Å². The van der Waals surface area contributed by atoms with E-state index in [1.165, 1.54) is 36.6 Å². The van der Waals surface area contributed by atoms with Crippen molar-refractivity contribution in [2.24, 2.45) is 5.84 Å². The number of rotatable bonds is 13. The predicted octanol–water partition coefficient (Wildman–Crippen LogP) is 16.7. The third-order valence-electron chi connectivity index (χ3n) is 14.7. The van der Waals surface area contributed by atoms with Crippen molar-refractivity contribution in [3.8, 4) is 79.8 Å². The lowest BCUT2D eigenvalue weighted by Gasteiger charge is -2.07. The average Bonchev–Trinajstić information content (AvgIpc) is 1.74. The molecule has 0 aliphatic heterocycles. The highest BCUT2D eigenvalue weighted by Crippen LogP contribution is 2.30. The van der Waals surface area contributed by atoms with E-state index < -0.39 is 20.3 Å². The Morgan fingerprint density at radius 1 is 0.422 bits per heavy atom. The molecule has 0 bridgehead atoms. The van der Waals surface area contributed by atoms with Crippen molar-refractivity contribution in [2.45, 2.75) is 9.79 Å². The van der Waals surface area contributed by atoms with Crippen LogP contribution in [0.15, 0.2) is 307 Å². The van der Waals surface area contributed by atoms with Crippen LogP contribution in [0.25, 0.3) is 96.7 Å². The highest BCUT2D eigenvalue weighted by Gasteiger charge is 2.18. The lowest BCUT2D eigenvalue weighted by molar-refractivity contribution is -0.385. The Morgan fingerprint density at radius 2 is 0.844 bits per heavy atom. The Labute approximate surface area is 632 Å². The van der Waals surface area contributed by atoms with Gasteiger partial charge in [-0.05, 0) is 181 Å². The van der Waals surface area contributed by atoms with Crippen molar-refractivity contribution >= 4 is 102 Å². The number of hydrazine groups is 1. The van der Waals surface area contributed by atoms with Gasteiger partial charge in [-0.25, -0.2) is 5.84 Å². The molecule has 0 saturated carbocycles. The number of carbonyl (C=O) groups excluding carboxylic acids is 3. The van der Waals surface area contributed by atoms with E-state index in [2.05, 4.69) is 61.4 Å². The first-order valence-electron chi connectivity index (χ1n) is 31.8. The van der Waals surface area contributed by atoms with Gasteiger partial charge < -0.3 is 28.7 Å². The number of benzene rings is 6. The molecule has 109 heavy (non-hydrogen) atoms. The molecule has 35 heteroatoms. The highest BCUT2D eigenvalue weighted by atomic mass is 35.5. The third-order valence-corrected chi connectivity index (χ3v) is 16.6. The molecule has 0 spiro atoms. The number of anilines is 2. The second kappa shape index (κ2) is 35.9. The minimum Gasteiger partial charge on any atom is -0.461 e. The Balaban J connectivity index is 0.000000127. The molecule has 0 aliphatic carbocycles. The largest absolute Gasteiger partial charge is 0.461 e. The summed E-state index contributed by atoms with van der Waals surface area (Å²) in [6, 6.07) is 74.5. The number of nitro groups is 2. The van der Waals surface area contributed by atoms with Crippen LogP contribution >= 0.6 is 46.7 Å². The minimum atomic E-state index is -0.452. The molecule has 17 rings (SSSR count). The number of aromatic nitrogens is 14. The summed E-state index contributed by atoms with van der Waals surface area (Å²) >= 11 is 12.9. The average molecular weight is 1530 g/mol. The van der Waals surface area contributed by atoms with Crippen molar-refractivity contribution in [1.82, 2.24) is 75.1 Å². The standard InChI is InChI=1S/C22H15N5O2S.C15H9N5O3.C15H11N5O.C10H6ClN3O2.C7H5ClOS.C5H6N2O2/c28-22(30-17-8-2-1-3-9-17)23-16-7-4-6-15(14-16)18-11-12-20-24-25-21(27(20)26-18)19-10-5-13-29-19;21-20(22)11-4-1-3-10(9-11)12-6-7-14-16-17-15(19(14)18-12)13-5-2-8-23-13;16-11-4-1-3-10(9-11)12-6-7-14-17-18-15(20(14)19-12)13-5-2-8-21-13;11-10-5-4-9(12-13-10)7-2-1-3-8(6-7)14(15)16;8-7(9)10-6-4-2-1-3-5-6;6-7-5(8)4-2-1-3-9-4/h1-14H,(H,23,28);1-9H;1-9H,16H2;1-6H;1-5H;1-3H,6H2,(H,7,8). The number of fused-ring (bicyclic) bond motifs is 3. The van der Waals surface area contributed by atoms with Crippen molar-refractivity contribution in [3.63, 3.8) is 0 Å². The summed E-state index contributed by atoms with van der Waals surface area (Å²) in [7, 11) is 0. The fourth-order valence-corrected chi connectivity index (χ4v) is 11.3. The van der Waals surface area contributed by atoms with E-state index in [1.54, 1.807) is 111 Å². The first-order valence-corrected chi connectivity index (χ1v) is 34.2. The number of hydrogen-bond donors (Lipinski definition) is 4. The van der Waals surface area contributed by atoms with Crippen LogP contribution < -0.4 is 22.3 Å². The SMILES string of the molecule is NNC(=O)c1ccco1.Nc1cccc(-c2ccc3nnc(-c4ccco4)n3n2)c1.O=C(Cl)Sc1ccccc1.O=C(Nc1cccc(-c2ccc3nnc(-c4ccco4)n3n2)c1)Sc1ccccc1.O=[N+]([O-])c1cccc(-c2ccc(Cl)nn2)c1.O=[N+]([O-])c1cccc(-c2ccc3nnc(-c4ccco4)n3n2)c1. The Hall–Kier alpha value is -14.4. The van der Waals surface area contributed by atoms with Crippen LogP contribution in [0.2, 0.25) is 5.15 Å². The van der Waals surface area contributed by atoms with Gasteiger partial charge in [0.05, 0.1) is 57.7 Å². The molecule has 0 radical (unpaired) electrons. The molecule has 6 N–H and O–H groups in total. The maximum atomic E-state index is 12.4. The summed E-state index contributed by atoms with van der Waals surface area (Å²) in [4.78, 5) is 55.6. The number of nitrogens with zero attached hydrogens (tertiary/aromatic N) is 16. The van der Waals surface area contributed by atoms with E-state index in [9.17, 15) is 34.6 Å². The summed E-state index contributed by atoms with van der Waals surface area (Å²) in [6.07, 6.45) is 6.13. The van der Waals surface area contributed by atoms with Gasteiger partial charge in [-0.3, -0.25) is 40.0 Å². The van der Waals surface area contributed by atoms with Gasteiger partial charge in [-0.15, -0.1) is 40.8 Å². The number of halogens is 2. The second-order valence-corrected chi connectivity index (χ2v) is 25.0. The zero-order valence-electron chi connectivity index (χ0n) is 55.9. The van der Waals surface area contributed by atoms with Crippen LogP contribution in [0.3, 0.4) is 0 Å². The summed E-state index contributed by atoms with van der Waals surface area (Å²) in [5.41, 5.74) is 16.7. The Morgan fingerprint density at radius 3 is 1.26 bits per heavy atom. The summed E-state index contributed by atoms with van der Waals surface area (Å²) in [5.74, 6) is 7.93. The van der Waals surface area contributed by atoms with Gasteiger partial charge in [0, 0.05) is 67.7 Å². The van der Waals surface area contributed by atoms with Crippen LogP contribution in [0.4, 0.5) is 32.3 Å². The zero-order chi connectivity index (χ0) is 76.0. The van der Waals surface area contributed by atoms with E-state index in [0.29, 0.717) is 85.6 Å². The summed E-state index contributed by atoms with van der Waals surface area (Å²) in [5, 5.41) is 70.4. The molecule has 0 atom stereocenters. The van der Waals surface area contributed by atoms with Gasteiger partial charge in [-0.2, -0.15) is 28.8 Å². The van der Waals surface area contributed by atoms with Gasteiger partial charge in [-0.1, -0.05) is 96.5 Å². The van der Waals surface area contributed by atoms with E-state index in [1.807, 2.05) is 151 Å². The molecule has 0 unspecified atom stereocenters. The molecule has 0 saturated heterocycles. The van der Waals surface area contributed by atoms with E-state index in [0.717, 1.165) is 55.8 Å². The third kappa shape index (κ3) is 19.7. The van der Waals surface area contributed by atoms with E-state index in [4.69, 9.17) is 52.4 Å². The Bertz CT molecular complexity index is 5920. The Kier molecular flexibility index (Phi) is 24.5. The summed E-state index contributed by atoms with van der Waals surface area (Å²) in [6.45, 7) is 0. The second-order valence-electron chi connectivity index (χ2n) is 22.0.